The zero-order chi connectivity index (χ0) is 20.6. The number of hydrogen-bond donors (Lipinski definition) is 1. The van der Waals surface area contributed by atoms with Crippen LogP contribution in [0.1, 0.15) is 53.9 Å². The van der Waals surface area contributed by atoms with Gasteiger partial charge in [0.25, 0.3) is 0 Å². The van der Waals surface area contributed by atoms with Gasteiger partial charge in [-0.2, -0.15) is 0 Å². The van der Waals surface area contributed by atoms with Crippen molar-refractivity contribution in [2.75, 3.05) is 34.5 Å². The van der Waals surface area contributed by atoms with Gasteiger partial charge in [-0.15, -0.1) is 0 Å². The Morgan fingerprint density at radius 3 is 1.81 bits per heavy atom. The molecule has 0 aromatic rings. The molecule has 7 nitrogen and oxygen atoms in total. The molecular formula is C18H39NO6Si. The predicted octanol–water partition coefficient (Wildman–Crippen LogP) is 3.01. The molecule has 0 spiro atoms. The number of nitrogens with one attached hydrogen (secondary N) is 1. The Kier molecular flexibility index (Phi) is 17.0. The van der Waals surface area contributed by atoms with Crippen LogP contribution in [-0.2, 0) is 27.6 Å². The Morgan fingerprint density at radius 1 is 0.923 bits per heavy atom. The maximum atomic E-state index is 11.5. The molecule has 0 aromatic carbocycles. The molecule has 156 valence electrons. The summed E-state index contributed by atoms with van der Waals surface area (Å²) in [6.45, 7) is 10.7. The van der Waals surface area contributed by atoms with Crippen LogP contribution in [0.4, 0.5) is 0 Å². The maximum absolute atomic E-state index is 11.5. The van der Waals surface area contributed by atoms with Gasteiger partial charge in [0.1, 0.15) is 0 Å². The van der Waals surface area contributed by atoms with E-state index in [4.69, 9.17) is 18.0 Å². The highest BCUT2D eigenvalue weighted by Gasteiger charge is 2.36. The largest absolute Gasteiger partial charge is 0.500 e. The first-order chi connectivity index (χ1) is 12.3. The lowest BCUT2D eigenvalue weighted by atomic mass is 10.1. The zero-order valence-corrected chi connectivity index (χ0v) is 18.8. The zero-order valence-electron chi connectivity index (χ0n) is 17.8. The lowest BCUT2D eigenvalue weighted by Gasteiger charge is -2.24. The van der Waals surface area contributed by atoms with E-state index in [1.54, 1.807) is 21.3 Å². The molecular weight excluding hydrogens is 354 g/mol. The van der Waals surface area contributed by atoms with E-state index in [1.165, 1.54) is 0 Å². The smallest absolute Gasteiger partial charge is 0.466 e. The summed E-state index contributed by atoms with van der Waals surface area (Å²) < 4.78 is 20.6. The molecule has 0 aliphatic carbocycles. The quantitative estimate of drug-likeness (QED) is 0.312. The fraction of sp³-hybridized carbons (Fsp3) is 0.889. The lowest BCUT2D eigenvalue weighted by molar-refractivity contribution is -0.147. The Bertz CT molecular complexity index is 368. The molecule has 0 rings (SSSR count). The van der Waals surface area contributed by atoms with E-state index in [0.29, 0.717) is 19.2 Å². The summed E-state index contributed by atoms with van der Waals surface area (Å²) in [4.78, 5) is 22.3. The van der Waals surface area contributed by atoms with Crippen molar-refractivity contribution in [3.63, 3.8) is 0 Å². The third-order valence-electron chi connectivity index (χ3n) is 4.25. The first kappa shape index (κ1) is 27.3. The molecule has 2 atom stereocenters. The van der Waals surface area contributed by atoms with E-state index in [2.05, 4.69) is 5.32 Å². The van der Waals surface area contributed by atoms with Crippen molar-refractivity contribution >= 4 is 20.7 Å². The van der Waals surface area contributed by atoms with Crippen molar-refractivity contribution in [2.24, 2.45) is 11.8 Å². The van der Waals surface area contributed by atoms with E-state index in [0.717, 1.165) is 19.3 Å². The van der Waals surface area contributed by atoms with E-state index >= 15 is 0 Å². The highest BCUT2D eigenvalue weighted by atomic mass is 28.4. The Hall–Kier alpha value is -0.963. The van der Waals surface area contributed by atoms with Gasteiger partial charge in [-0.3, -0.25) is 9.59 Å². The van der Waals surface area contributed by atoms with Crippen LogP contribution in [-0.4, -0.2) is 55.2 Å². The highest BCUT2D eigenvalue weighted by molar-refractivity contribution is 6.60. The highest BCUT2D eigenvalue weighted by Crippen LogP contribution is 2.14. The Labute approximate surface area is 160 Å². The van der Waals surface area contributed by atoms with Crippen LogP contribution < -0.4 is 5.32 Å². The van der Waals surface area contributed by atoms with Crippen LogP contribution in [0.2, 0.25) is 6.04 Å². The monoisotopic (exact) mass is 393 g/mol. The molecule has 0 radical (unpaired) electrons. The van der Waals surface area contributed by atoms with Crippen LogP contribution >= 0.6 is 0 Å². The number of hydrogen-bond acceptors (Lipinski definition) is 6. The second-order valence-electron chi connectivity index (χ2n) is 6.06. The number of carbonyl (C=O) groups is 2. The minimum atomic E-state index is -2.48. The average Bonchev–Trinajstić information content (AvgIpc) is 2.67. The normalized spacial score (nSPS) is 13.2. The molecule has 1 amide bonds. The van der Waals surface area contributed by atoms with Crippen LogP contribution in [0.3, 0.4) is 0 Å². The first-order valence-electron chi connectivity index (χ1n) is 9.37. The molecule has 8 heteroatoms. The second kappa shape index (κ2) is 16.2. The number of rotatable bonds is 12. The summed E-state index contributed by atoms with van der Waals surface area (Å²) in [5.41, 5.74) is 0. The van der Waals surface area contributed by atoms with Crippen LogP contribution in [0.15, 0.2) is 0 Å². The van der Waals surface area contributed by atoms with Crippen LogP contribution in [0.25, 0.3) is 0 Å². The van der Waals surface area contributed by atoms with Crippen molar-refractivity contribution in [1.29, 1.82) is 0 Å². The van der Waals surface area contributed by atoms with E-state index in [1.807, 2.05) is 34.6 Å². The fourth-order valence-corrected chi connectivity index (χ4v) is 3.61. The first-order valence-corrected chi connectivity index (χ1v) is 11.3. The van der Waals surface area contributed by atoms with Crippen molar-refractivity contribution in [3.8, 4) is 0 Å². The van der Waals surface area contributed by atoms with Gasteiger partial charge in [-0.25, -0.2) is 0 Å². The lowest BCUT2D eigenvalue weighted by Crippen LogP contribution is -2.43. The summed E-state index contributed by atoms with van der Waals surface area (Å²) in [5, 5.41) is 2.89. The van der Waals surface area contributed by atoms with Gasteiger partial charge in [0.15, 0.2) is 0 Å². The molecule has 1 N–H and O–H groups in total. The van der Waals surface area contributed by atoms with Gasteiger partial charge in [0.2, 0.25) is 5.91 Å². The van der Waals surface area contributed by atoms with Gasteiger partial charge in [0, 0.05) is 39.8 Å². The number of esters is 1. The minimum Gasteiger partial charge on any atom is -0.466 e. The summed E-state index contributed by atoms with van der Waals surface area (Å²) in [5.74, 6) is 0.154. The van der Waals surface area contributed by atoms with Crippen molar-refractivity contribution in [2.45, 2.75) is 59.9 Å². The summed E-state index contributed by atoms with van der Waals surface area (Å²) in [6, 6.07) is 0.706. The summed E-state index contributed by atoms with van der Waals surface area (Å²) in [7, 11) is 2.31. The standard InChI is InChI=1S/C11H25NO4Si.C7H14O2/c1-6-10(2)11(13)12-8-7-9-17(14-3,15-4)16-5;1-4-6(3)7(8)9-5-2/h10H,6-9H2,1-5H3,(H,12,13);6H,4-5H2,1-3H3. The van der Waals surface area contributed by atoms with E-state index < -0.39 is 8.80 Å². The molecule has 0 bridgehead atoms. The summed E-state index contributed by atoms with van der Waals surface area (Å²) >= 11 is 0. The fourth-order valence-electron chi connectivity index (χ4n) is 1.88. The SMILES string of the molecule is CCC(C)C(=O)NCCC[Si](OC)(OC)OC.CCOC(=O)C(C)CC. The van der Waals surface area contributed by atoms with E-state index in [-0.39, 0.29) is 23.7 Å². The Balaban J connectivity index is 0. The van der Waals surface area contributed by atoms with Crippen molar-refractivity contribution < 1.29 is 27.6 Å². The summed E-state index contributed by atoms with van der Waals surface area (Å²) in [6.07, 6.45) is 2.52. The van der Waals surface area contributed by atoms with Gasteiger partial charge in [-0.05, 0) is 26.2 Å². The maximum Gasteiger partial charge on any atom is 0.500 e. The number of ether oxygens (including phenoxy) is 1. The molecule has 0 heterocycles. The molecule has 0 aliphatic heterocycles. The predicted molar refractivity (Wildman–Crippen MR) is 105 cm³/mol. The average molecular weight is 394 g/mol. The molecule has 2 unspecified atom stereocenters. The van der Waals surface area contributed by atoms with Crippen molar-refractivity contribution in [1.82, 2.24) is 5.32 Å². The van der Waals surface area contributed by atoms with Gasteiger partial charge in [-0.1, -0.05) is 27.7 Å². The molecule has 26 heavy (non-hydrogen) atoms. The topological polar surface area (TPSA) is 83.1 Å². The number of amides is 1. The van der Waals surface area contributed by atoms with Gasteiger partial charge >= 0.3 is 14.8 Å². The van der Waals surface area contributed by atoms with Crippen LogP contribution in [0.5, 0.6) is 0 Å². The van der Waals surface area contributed by atoms with Crippen LogP contribution in [0, 0.1) is 11.8 Å². The molecule has 0 fully saturated rings. The second-order valence-corrected chi connectivity index (χ2v) is 9.15. The molecule has 0 saturated heterocycles. The van der Waals surface area contributed by atoms with Gasteiger partial charge in [0.05, 0.1) is 12.5 Å². The van der Waals surface area contributed by atoms with Gasteiger partial charge < -0.3 is 23.3 Å². The molecule has 0 aromatic heterocycles. The minimum absolute atomic E-state index is 0.0601. The van der Waals surface area contributed by atoms with E-state index in [9.17, 15) is 9.59 Å². The third kappa shape index (κ3) is 11.6. The van der Waals surface area contributed by atoms with Crippen molar-refractivity contribution in [3.05, 3.63) is 0 Å². The molecule has 0 saturated carbocycles. The number of carbonyl (C=O) groups excluding carboxylic acids is 2. The molecule has 0 aliphatic rings. The Morgan fingerprint density at radius 2 is 1.42 bits per heavy atom. The third-order valence-corrected chi connectivity index (χ3v) is 7.09.